The molecule has 0 bridgehead atoms. The van der Waals surface area contributed by atoms with E-state index in [1.165, 1.54) is 199 Å². The van der Waals surface area contributed by atoms with Crippen molar-refractivity contribution < 1.29 is 80.2 Å². The van der Waals surface area contributed by atoms with Gasteiger partial charge in [0.15, 0.2) is 12.2 Å². The van der Waals surface area contributed by atoms with E-state index < -0.39 is 97.5 Å². The zero-order valence-corrected chi connectivity index (χ0v) is 66.8. The lowest BCUT2D eigenvalue weighted by Gasteiger charge is -2.21. The number of carbonyl (C=O) groups excluding carboxylic acids is 4. The number of phosphoric acid groups is 2. The summed E-state index contributed by atoms with van der Waals surface area (Å²) in [5, 5.41) is 10.6. The zero-order chi connectivity index (χ0) is 73.5. The monoisotopic (exact) mass is 1460 g/mol. The first kappa shape index (κ1) is 97.5. The summed E-state index contributed by atoms with van der Waals surface area (Å²) in [6, 6.07) is 0. The quantitative estimate of drug-likeness (QED) is 0.0169. The van der Waals surface area contributed by atoms with Crippen LogP contribution in [-0.2, 0) is 65.4 Å². The van der Waals surface area contributed by atoms with Crippen LogP contribution in [0.4, 0.5) is 0 Å². The van der Waals surface area contributed by atoms with Gasteiger partial charge in [-0.2, -0.15) is 0 Å². The number of aliphatic hydroxyl groups is 1. The normalized spacial score (nSPS) is 14.3. The predicted molar refractivity (Wildman–Crippen MR) is 409 cm³/mol. The van der Waals surface area contributed by atoms with Gasteiger partial charge in [0.1, 0.15) is 19.3 Å². The zero-order valence-electron chi connectivity index (χ0n) is 65.0. The van der Waals surface area contributed by atoms with Gasteiger partial charge in [-0.3, -0.25) is 37.3 Å². The first-order valence-corrected chi connectivity index (χ1v) is 44.3. The molecule has 0 aromatic rings. The summed E-state index contributed by atoms with van der Waals surface area (Å²) in [6.45, 7) is 9.61. The van der Waals surface area contributed by atoms with Crippen LogP contribution in [0.3, 0.4) is 0 Å². The van der Waals surface area contributed by atoms with Gasteiger partial charge in [-0.1, -0.05) is 348 Å². The Morgan fingerprint density at radius 2 is 0.590 bits per heavy atom. The van der Waals surface area contributed by atoms with Gasteiger partial charge in [0.25, 0.3) is 0 Å². The highest BCUT2D eigenvalue weighted by Crippen LogP contribution is 2.45. The van der Waals surface area contributed by atoms with Crippen molar-refractivity contribution in [2.24, 2.45) is 11.8 Å². The van der Waals surface area contributed by atoms with Crippen molar-refractivity contribution in [3.05, 3.63) is 24.3 Å². The van der Waals surface area contributed by atoms with E-state index in [9.17, 15) is 43.2 Å². The van der Waals surface area contributed by atoms with Crippen molar-refractivity contribution >= 4 is 39.5 Å². The molecule has 0 saturated heterocycles. The third-order valence-corrected chi connectivity index (χ3v) is 20.6. The van der Waals surface area contributed by atoms with E-state index in [4.69, 9.17) is 37.0 Å². The highest BCUT2D eigenvalue weighted by Gasteiger charge is 2.30. The molecule has 0 aromatic carbocycles. The molecule has 100 heavy (non-hydrogen) atoms. The molecule has 0 fully saturated rings. The summed E-state index contributed by atoms with van der Waals surface area (Å²) >= 11 is 0. The third kappa shape index (κ3) is 72.5. The Kier molecular flexibility index (Phi) is 70.3. The number of esters is 4. The predicted octanol–water partition coefficient (Wildman–Crippen LogP) is 23.8. The Hall–Kier alpha value is -2.46. The molecule has 0 saturated carbocycles. The molecule has 0 aromatic heterocycles. The smallest absolute Gasteiger partial charge is 0.462 e. The van der Waals surface area contributed by atoms with E-state index in [1.807, 2.05) is 0 Å². The standard InChI is InChI=1S/C81H154O17P2/c1-7-10-12-14-16-18-19-20-25-29-34-40-46-52-58-64-79(84)92-70-77(98-80(85)65-59-53-47-41-35-30-27-24-22-21-23-26-28-33-39-44-50-56-62-74(6)9-3)72-96-100(89,90)94-68-75(82)67-93-99(87,88)95-71-76(69-91-78(83)63-57-51-45-37-17-15-13-11-8-2)97-81(86)66-60-54-48-42-36-31-32-38-43-49-55-61-73(4)5/h18-20,25,73-77,82H,7-17,21-24,26-72H2,1-6H3,(H,87,88)(H,89,90)/b19-18-,25-20-/t74?,75-,76+,77+/m0/s1. The van der Waals surface area contributed by atoms with E-state index >= 15 is 0 Å². The summed E-state index contributed by atoms with van der Waals surface area (Å²) in [7, 11) is -9.93. The summed E-state index contributed by atoms with van der Waals surface area (Å²) in [5.41, 5.74) is 0. The van der Waals surface area contributed by atoms with E-state index in [0.717, 1.165) is 121 Å². The second-order valence-electron chi connectivity index (χ2n) is 29.2. The summed E-state index contributed by atoms with van der Waals surface area (Å²) < 4.78 is 68.6. The second-order valence-corrected chi connectivity index (χ2v) is 32.1. The fraction of sp³-hybridized carbons (Fsp3) is 0.901. The Balaban J connectivity index is 5.23. The maximum Gasteiger partial charge on any atom is 0.472 e. The van der Waals surface area contributed by atoms with E-state index in [-0.39, 0.29) is 25.7 Å². The highest BCUT2D eigenvalue weighted by molar-refractivity contribution is 7.47. The van der Waals surface area contributed by atoms with Crippen molar-refractivity contribution in [2.45, 2.75) is 419 Å². The number of aliphatic hydroxyl groups excluding tert-OH is 1. The Labute approximate surface area is 612 Å². The molecule has 0 spiro atoms. The van der Waals surface area contributed by atoms with Gasteiger partial charge in [-0.05, 0) is 63.2 Å². The van der Waals surface area contributed by atoms with Crippen LogP contribution in [-0.4, -0.2) is 96.7 Å². The topological polar surface area (TPSA) is 237 Å². The van der Waals surface area contributed by atoms with Crippen LogP contribution in [0.5, 0.6) is 0 Å². The Morgan fingerprint density at radius 3 is 0.900 bits per heavy atom. The molecule has 0 amide bonds. The summed E-state index contributed by atoms with van der Waals surface area (Å²) in [5.74, 6) is -0.508. The molecule has 0 radical (unpaired) electrons. The van der Waals surface area contributed by atoms with Gasteiger partial charge < -0.3 is 33.8 Å². The van der Waals surface area contributed by atoms with E-state index in [0.29, 0.717) is 25.7 Å². The van der Waals surface area contributed by atoms with Crippen LogP contribution in [0.15, 0.2) is 24.3 Å². The van der Waals surface area contributed by atoms with Crippen molar-refractivity contribution in [2.75, 3.05) is 39.6 Å². The van der Waals surface area contributed by atoms with Gasteiger partial charge >= 0.3 is 39.5 Å². The van der Waals surface area contributed by atoms with Crippen LogP contribution in [0.25, 0.3) is 0 Å². The van der Waals surface area contributed by atoms with Crippen molar-refractivity contribution in [3.63, 3.8) is 0 Å². The fourth-order valence-electron chi connectivity index (χ4n) is 12.0. The van der Waals surface area contributed by atoms with Gasteiger partial charge in [0.05, 0.1) is 26.4 Å². The first-order valence-electron chi connectivity index (χ1n) is 41.3. The summed E-state index contributed by atoms with van der Waals surface area (Å²) in [4.78, 5) is 72.9. The number of rotatable bonds is 78. The molecule has 3 N–H and O–H groups in total. The number of hydrogen-bond acceptors (Lipinski definition) is 15. The van der Waals surface area contributed by atoms with Crippen LogP contribution in [0.2, 0.25) is 0 Å². The molecular formula is C81H154O17P2. The lowest BCUT2D eigenvalue weighted by Crippen LogP contribution is -2.30. The molecule has 3 unspecified atom stereocenters. The first-order chi connectivity index (χ1) is 48.4. The largest absolute Gasteiger partial charge is 0.472 e. The molecule has 19 heteroatoms. The van der Waals surface area contributed by atoms with Crippen molar-refractivity contribution in [1.82, 2.24) is 0 Å². The molecule has 17 nitrogen and oxygen atoms in total. The minimum Gasteiger partial charge on any atom is -0.462 e. The van der Waals surface area contributed by atoms with Crippen LogP contribution in [0, 0.1) is 11.8 Å². The van der Waals surface area contributed by atoms with Gasteiger partial charge in [-0.25, -0.2) is 9.13 Å². The molecule has 6 atom stereocenters. The Bertz CT molecular complexity index is 2020. The van der Waals surface area contributed by atoms with Gasteiger partial charge in [-0.15, -0.1) is 0 Å². The van der Waals surface area contributed by atoms with Crippen LogP contribution >= 0.6 is 15.6 Å². The van der Waals surface area contributed by atoms with Crippen LogP contribution < -0.4 is 0 Å². The number of hydrogen-bond donors (Lipinski definition) is 3. The van der Waals surface area contributed by atoms with Gasteiger partial charge in [0, 0.05) is 25.7 Å². The number of unbranched alkanes of at least 4 members (excludes halogenated alkanes) is 44. The maximum absolute atomic E-state index is 13.1. The average Bonchev–Trinajstić information content (AvgIpc) is 0.943. The minimum atomic E-state index is -4.97. The van der Waals surface area contributed by atoms with Crippen molar-refractivity contribution in [1.29, 1.82) is 0 Å². The fourth-order valence-corrected chi connectivity index (χ4v) is 13.5. The molecule has 0 aliphatic carbocycles. The molecule has 0 heterocycles. The molecular weight excluding hydrogens is 1310 g/mol. The molecule has 0 aliphatic rings. The van der Waals surface area contributed by atoms with Gasteiger partial charge in [0.2, 0.25) is 0 Å². The second kappa shape index (κ2) is 72.1. The third-order valence-electron chi connectivity index (χ3n) is 18.7. The average molecular weight is 1460 g/mol. The minimum absolute atomic E-state index is 0.101. The molecule has 0 aliphatic heterocycles. The lowest BCUT2D eigenvalue weighted by molar-refractivity contribution is -0.161. The number of allylic oxidation sites excluding steroid dienone is 4. The van der Waals surface area contributed by atoms with Crippen molar-refractivity contribution in [3.8, 4) is 0 Å². The highest BCUT2D eigenvalue weighted by atomic mass is 31.2. The maximum atomic E-state index is 13.1. The van der Waals surface area contributed by atoms with E-state index in [2.05, 4.69) is 65.8 Å². The van der Waals surface area contributed by atoms with E-state index in [1.54, 1.807) is 0 Å². The van der Waals surface area contributed by atoms with Crippen LogP contribution in [0.1, 0.15) is 401 Å². The molecule has 590 valence electrons. The Morgan fingerprint density at radius 1 is 0.330 bits per heavy atom. The number of carbonyl (C=O) groups is 4. The number of ether oxygens (including phenoxy) is 4. The number of phosphoric ester groups is 2. The SMILES string of the molecule is CCCCCC/C=C\C=C/CCCCCCCC(=O)OC[C@H](COP(=O)(O)OC[C@@H](O)COP(=O)(O)OC[C@@H](COC(=O)CCCCCCCCCCC)OC(=O)CCCCCCCCCCCCCC(C)C)OC(=O)CCCCCCCCCCCCCCCCCCCCC(C)CC. The molecule has 0 rings (SSSR count). The summed E-state index contributed by atoms with van der Waals surface area (Å²) in [6.07, 6.45) is 64.6. The lowest BCUT2D eigenvalue weighted by atomic mass is 9.99.